The van der Waals surface area contributed by atoms with Crippen LogP contribution in [0.1, 0.15) is 120 Å². The molecule has 53 heavy (non-hydrogen) atoms. The molecule has 5 rings (SSSR count). The molecule has 2 aliphatic rings. The molecular weight excluding hydrogens is 668 g/mol. The van der Waals surface area contributed by atoms with E-state index >= 15 is 0 Å². The third-order valence-corrected chi connectivity index (χ3v) is 12.8. The summed E-state index contributed by atoms with van der Waals surface area (Å²) in [6.07, 6.45) is 3.42. The predicted molar refractivity (Wildman–Crippen MR) is 208 cm³/mol. The van der Waals surface area contributed by atoms with Gasteiger partial charge in [-0.15, -0.1) is 0 Å². The van der Waals surface area contributed by atoms with E-state index in [9.17, 15) is 24.9 Å². The van der Waals surface area contributed by atoms with Gasteiger partial charge in [-0.25, -0.2) is 4.79 Å². The van der Waals surface area contributed by atoms with E-state index in [0.717, 1.165) is 29.2 Å². The molecule has 0 amide bonds. The number of aliphatic hydroxyl groups is 2. The van der Waals surface area contributed by atoms with Crippen LogP contribution in [0.25, 0.3) is 10.8 Å². The summed E-state index contributed by atoms with van der Waals surface area (Å²) >= 11 is 0. The number of ketones is 1. The molecule has 0 spiro atoms. The van der Waals surface area contributed by atoms with Crippen molar-refractivity contribution in [3.05, 3.63) is 76.9 Å². The number of phenols is 1. The first kappa shape index (κ1) is 40.9. The third-order valence-electron chi connectivity index (χ3n) is 12.8. The molecule has 0 unspecified atom stereocenters. The molecule has 2 fully saturated rings. The zero-order chi connectivity index (χ0) is 38.7. The van der Waals surface area contributed by atoms with Crippen LogP contribution in [-0.4, -0.2) is 62.7 Å². The molecule has 290 valence electrons. The maximum absolute atomic E-state index is 14.2. The molecule has 0 bridgehead atoms. The van der Waals surface area contributed by atoms with Gasteiger partial charge in [0.25, 0.3) is 0 Å². The molecule has 3 aromatic carbocycles. The maximum atomic E-state index is 14.2. The van der Waals surface area contributed by atoms with Gasteiger partial charge < -0.3 is 29.5 Å². The molecule has 3 aromatic rings. The molecule has 0 aliphatic carbocycles. The first-order valence-electron chi connectivity index (χ1n) is 19.9. The fourth-order valence-electron chi connectivity index (χ4n) is 8.99. The fourth-order valence-corrected chi connectivity index (χ4v) is 8.99. The van der Waals surface area contributed by atoms with Crippen molar-refractivity contribution in [2.24, 2.45) is 23.7 Å². The maximum Gasteiger partial charge on any atom is 0.342 e. The van der Waals surface area contributed by atoms with Crippen LogP contribution in [0.3, 0.4) is 0 Å². The van der Waals surface area contributed by atoms with Crippen LogP contribution in [0, 0.1) is 30.6 Å². The number of carbonyl (C=O) groups excluding carboxylic acids is 2. The number of aryl methyl sites for hydroxylation is 2. The smallest absolute Gasteiger partial charge is 0.342 e. The van der Waals surface area contributed by atoms with Gasteiger partial charge in [-0.3, -0.25) is 4.79 Å². The van der Waals surface area contributed by atoms with Crippen LogP contribution in [0.4, 0.5) is 0 Å². The van der Waals surface area contributed by atoms with Gasteiger partial charge in [-0.05, 0) is 111 Å². The molecule has 0 aromatic heterocycles. The Morgan fingerprint density at radius 3 is 2.38 bits per heavy atom. The lowest BCUT2D eigenvalue weighted by molar-refractivity contribution is -0.229. The van der Waals surface area contributed by atoms with Crippen molar-refractivity contribution in [1.82, 2.24) is 0 Å². The van der Waals surface area contributed by atoms with Crippen LogP contribution < -0.4 is 0 Å². The molecule has 2 saturated heterocycles. The normalized spacial score (nSPS) is 28.3. The van der Waals surface area contributed by atoms with Crippen molar-refractivity contribution >= 4 is 22.5 Å². The number of carbonyl (C=O) groups is 2. The van der Waals surface area contributed by atoms with Crippen molar-refractivity contribution in [3.63, 3.8) is 0 Å². The van der Waals surface area contributed by atoms with Gasteiger partial charge in [0.2, 0.25) is 0 Å². The highest BCUT2D eigenvalue weighted by molar-refractivity contribution is 5.94. The van der Waals surface area contributed by atoms with Gasteiger partial charge in [0.1, 0.15) is 23.7 Å². The number of fused-ring (bicyclic) bond motifs is 1. The SMILES string of the molecule is CC[C@@H](C(=O)[C@@H](C)[C@@H](O)[C@H](C)CCc1ccc(C)c(O)c1C(=O)OCc1ccc2ccccc2c1)[C@H]1O[C@](CC)([C@H]2CC[C@](O)(CC)[C@H](C)O2)C[C@@H]1C. The van der Waals surface area contributed by atoms with E-state index in [1.807, 2.05) is 83.1 Å². The summed E-state index contributed by atoms with van der Waals surface area (Å²) in [5, 5.41) is 35.7. The van der Waals surface area contributed by atoms with Gasteiger partial charge in [-0.1, -0.05) is 90.1 Å². The minimum absolute atomic E-state index is 0.000158. The number of phenolic OH excluding ortho intramolecular Hbond substituents is 1. The monoisotopic (exact) mass is 730 g/mol. The number of esters is 1. The van der Waals surface area contributed by atoms with Gasteiger partial charge in [-0.2, -0.15) is 0 Å². The molecule has 10 atom stereocenters. The highest BCUT2D eigenvalue weighted by atomic mass is 16.6. The first-order chi connectivity index (χ1) is 25.2. The van der Waals surface area contributed by atoms with E-state index in [-0.39, 0.29) is 59.8 Å². The van der Waals surface area contributed by atoms with Gasteiger partial charge in [0.05, 0.1) is 35.6 Å². The largest absolute Gasteiger partial charge is 0.507 e. The topological polar surface area (TPSA) is 123 Å². The summed E-state index contributed by atoms with van der Waals surface area (Å²) in [5.74, 6) is -1.82. The summed E-state index contributed by atoms with van der Waals surface area (Å²) in [7, 11) is 0. The lowest BCUT2D eigenvalue weighted by Crippen LogP contribution is -2.55. The third kappa shape index (κ3) is 8.51. The lowest BCUT2D eigenvalue weighted by Gasteiger charge is -2.47. The average Bonchev–Trinajstić information content (AvgIpc) is 3.51. The van der Waals surface area contributed by atoms with Crippen LogP contribution >= 0.6 is 0 Å². The van der Waals surface area contributed by atoms with Crippen LogP contribution in [-0.2, 0) is 32.0 Å². The standard InChI is InChI=1S/C45H62O8/c1-9-36(42-29(6)25-45(11-3,53-42)37-22-23-44(50,10-2)31(8)52-37)41(48)30(7)39(46)27(4)16-19-34-20-17-28(5)40(47)38(34)43(49)51-26-32-18-21-33-14-12-13-15-35(33)24-32/h12-15,17-18,20-21,24,27,29-31,36-37,39,42,46-47,50H,9-11,16,19,22-23,25-26H2,1-8H3/t27-,29+,30+,31+,36+,37-,39+,42+,44-,45+/m1/s1. The Bertz CT molecular complexity index is 1740. The number of aliphatic hydroxyl groups excluding tert-OH is 1. The van der Waals surface area contributed by atoms with Crippen molar-refractivity contribution in [3.8, 4) is 5.75 Å². The number of Topliss-reactive ketones (excluding diaryl/α,β-unsaturated/α-hetero) is 1. The number of benzene rings is 3. The number of hydrogen-bond donors (Lipinski definition) is 3. The second kappa shape index (κ2) is 17.0. The molecule has 2 aliphatic heterocycles. The Labute approximate surface area is 316 Å². The number of aromatic hydroxyl groups is 1. The molecule has 0 radical (unpaired) electrons. The molecule has 3 N–H and O–H groups in total. The van der Waals surface area contributed by atoms with Crippen molar-refractivity contribution in [1.29, 1.82) is 0 Å². The van der Waals surface area contributed by atoms with E-state index in [4.69, 9.17) is 14.2 Å². The minimum atomic E-state index is -0.902. The zero-order valence-electron chi connectivity index (χ0n) is 33.1. The van der Waals surface area contributed by atoms with Gasteiger partial charge >= 0.3 is 5.97 Å². The second-order valence-corrected chi connectivity index (χ2v) is 16.2. The summed E-state index contributed by atoms with van der Waals surface area (Å²) in [5.41, 5.74) is 0.858. The molecule has 8 nitrogen and oxygen atoms in total. The lowest BCUT2D eigenvalue weighted by atomic mass is 9.76. The molecule has 2 heterocycles. The Kier molecular flexibility index (Phi) is 13.1. The van der Waals surface area contributed by atoms with Gasteiger partial charge in [0, 0.05) is 11.8 Å². The Hall–Kier alpha value is -3.30. The quantitative estimate of drug-likeness (QED) is 0.133. The summed E-state index contributed by atoms with van der Waals surface area (Å²) in [6.45, 7) is 15.8. The minimum Gasteiger partial charge on any atom is -0.507 e. The van der Waals surface area contributed by atoms with E-state index in [2.05, 4.69) is 13.8 Å². The van der Waals surface area contributed by atoms with E-state index in [1.165, 1.54) is 0 Å². The molecule has 0 saturated carbocycles. The number of hydrogen-bond acceptors (Lipinski definition) is 8. The highest BCUT2D eigenvalue weighted by Gasteiger charge is 2.55. The van der Waals surface area contributed by atoms with Crippen molar-refractivity contribution < 1.29 is 39.1 Å². The fraction of sp³-hybridized carbons (Fsp3) is 0.600. The van der Waals surface area contributed by atoms with Crippen molar-refractivity contribution in [2.45, 2.75) is 149 Å². The first-order valence-corrected chi connectivity index (χ1v) is 19.9. The Morgan fingerprint density at radius 1 is 1.00 bits per heavy atom. The molecule has 8 heteroatoms. The van der Waals surface area contributed by atoms with Crippen LogP contribution in [0.15, 0.2) is 54.6 Å². The van der Waals surface area contributed by atoms with Gasteiger partial charge in [0.15, 0.2) is 0 Å². The van der Waals surface area contributed by atoms with Crippen LogP contribution in [0.5, 0.6) is 5.75 Å². The predicted octanol–water partition coefficient (Wildman–Crippen LogP) is 8.65. The van der Waals surface area contributed by atoms with Crippen molar-refractivity contribution in [2.75, 3.05) is 0 Å². The second-order valence-electron chi connectivity index (χ2n) is 16.2. The average molecular weight is 731 g/mol. The Morgan fingerprint density at radius 2 is 1.72 bits per heavy atom. The van der Waals surface area contributed by atoms with E-state index < -0.39 is 29.2 Å². The Balaban J connectivity index is 1.22. The summed E-state index contributed by atoms with van der Waals surface area (Å²) in [4.78, 5) is 27.6. The van der Waals surface area contributed by atoms with Crippen LogP contribution in [0.2, 0.25) is 0 Å². The van der Waals surface area contributed by atoms with E-state index in [1.54, 1.807) is 13.0 Å². The summed E-state index contributed by atoms with van der Waals surface area (Å²) in [6, 6.07) is 17.5. The zero-order valence-corrected chi connectivity index (χ0v) is 33.1. The molecular formula is C45H62O8. The summed E-state index contributed by atoms with van der Waals surface area (Å²) < 4.78 is 19.1. The van der Waals surface area contributed by atoms with E-state index in [0.29, 0.717) is 49.7 Å². The highest BCUT2D eigenvalue weighted by Crippen LogP contribution is 2.48. The number of ether oxygens (including phenoxy) is 3. The number of rotatable bonds is 15.